The van der Waals surface area contributed by atoms with Crippen molar-refractivity contribution in [3.63, 3.8) is 0 Å². The number of halogens is 4. The topological polar surface area (TPSA) is 20.7 Å². The number of aryl methyl sites for hydroxylation is 1. The van der Waals surface area contributed by atoms with Crippen molar-refractivity contribution in [2.24, 2.45) is 0 Å². The molecule has 0 amide bonds. The van der Waals surface area contributed by atoms with E-state index in [4.69, 9.17) is 12.2 Å². The Hall–Kier alpha value is -1.02. The summed E-state index contributed by atoms with van der Waals surface area (Å²) in [5.74, 6) is -0.558. The number of imidazole rings is 1. The summed E-state index contributed by atoms with van der Waals surface area (Å²) in [7, 11) is 0. The van der Waals surface area contributed by atoms with E-state index >= 15 is 0 Å². The zero-order chi connectivity index (χ0) is 13.3. The first-order chi connectivity index (χ1) is 8.37. The van der Waals surface area contributed by atoms with Gasteiger partial charge in [0.1, 0.15) is 5.82 Å². The molecule has 2 nitrogen and oxygen atoms in total. The van der Waals surface area contributed by atoms with E-state index in [1.807, 2.05) is 0 Å². The van der Waals surface area contributed by atoms with E-state index in [0.717, 1.165) is 0 Å². The Labute approximate surface area is 109 Å². The number of hydrogen-bond acceptors (Lipinski definition) is 2. The number of fused-ring (bicyclic) bond motifs is 1. The van der Waals surface area contributed by atoms with Gasteiger partial charge in [-0.2, -0.15) is 13.2 Å². The van der Waals surface area contributed by atoms with Gasteiger partial charge < -0.3 is 9.55 Å². The maximum absolute atomic E-state index is 13.0. The van der Waals surface area contributed by atoms with Crippen LogP contribution in [0.2, 0.25) is 0 Å². The fraction of sp³-hybridized carbons (Fsp3) is 0.300. The molecule has 0 unspecified atom stereocenters. The van der Waals surface area contributed by atoms with Gasteiger partial charge >= 0.3 is 5.51 Å². The predicted octanol–water partition coefficient (Wildman–Crippen LogP) is 4.09. The lowest BCUT2D eigenvalue weighted by atomic mass is 10.3. The standard InChI is InChI=1S/C10H8F4N2S2/c11-6-1-2-8-7(5-6)15-9(17)16(8)3-4-18-10(12,13)14/h1-2,5H,3-4H2,(H,15,17). The number of aromatic amines is 1. The number of hydrogen-bond donors (Lipinski definition) is 1. The average Bonchev–Trinajstić information content (AvgIpc) is 2.52. The molecule has 0 radical (unpaired) electrons. The summed E-state index contributed by atoms with van der Waals surface area (Å²) in [5.41, 5.74) is -3.17. The fourth-order valence-electron chi connectivity index (χ4n) is 1.61. The number of rotatable bonds is 3. The molecule has 0 aliphatic carbocycles. The van der Waals surface area contributed by atoms with Gasteiger partial charge in [0.05, 0.1) is 11.0 Å². The van der Waals surface area contributed by atoms with Crippen molar-refractivity contribution >= 4 is 35.0 Å². The minimum Gasteiger partial charge on any atom is -0.330 e. The van der Waals surface area contributed by atoms with Crippen LogP contribution < -0.4 is 0 Å². The van der Waals surface area contributed by atoms with Gasteiger partial charge in [0, 0.05) is 12.3 Å². The number of alkyl halides is 3. The van der Waals surface area contributed by atoms with Crippen LogP contribution in [0.5, 0.6) is 0 Å². The molecule has 0 aliphatic heterocycles. The molecule has 98 valence electrons. The van der Waals surface area contributed by atoms with Crippen LogP contribution in [0, 0.1) is 10.6 Å². The lowest BCUT2D eigenvalue weighted by molar-refractivity contribution is -0.0328. The first-order valence-corrected chi connectivity index (χ1v) is 6.35. The fourth-order valence-corrected chi connectivity index (χ4v) is 2.42. The Morgan fingerprint density at radius 1 is 1.33 bits per heavy atom. The molecule has 0 atom stereocenters. The van der Waals surface area contributed by atoms with Crippen molar-refractivity contribution in [2.75, 3.05) is 5.75 Å². The minimum atomic E-state index is -4.25. The van der Waals surface area contributed by atoms with Crippen molar-refractivity contribution < 1.29 is 17.6 Å². The van der Waals surface area contributed by atoms with Crippen molar-refractivity contribution in [3.05, 3.63) is 28.8 Å². The molecule has 18 heavy (non-hydrogen) atoms. The molecule has 0 aliphatic rings. The summed E-state index contributed by atoms with van der Waals surface area (Å²) >= 11 is 4.89. The quantitative estimate of drug-likeness (QED) is 0.680. The second-order valence-corrected chi connectivity index (χ2v) is 5.08. The van der Waals surface area contributed by atoms with E-state index < -0.39 is 11.3 Å². The van der Waals surface area contributed by atoms with Crippen LogP contribution in [0.1, 0.15) is 0 Å². The first-order valence-electron chi connectivity index (χ1n) is 4.95. The predicted molar refractivity (Wildman–Crippen MR) is 65.6 cm³/mol. The molecule has 0 saturated heterocycles. The summed E-state index contributed by atoms with van der Waals surface area (Å²) in [6, 6.07) is 4.01. The Morgan fingerprint density at radius 2 is 2.06 bits per heavy atom. The highest BCUT2D eigenvalue weighted by atomic mass is 32.2. The number of thioether (sulfide) groups is 1. The second-order valence-electron chi connectivity index (χ2n) is 3.54. The molecule has 0 spiro atoms. The zero-order valence-corrected chi connectivity index (χ0v) is 10.6. The van der Waals surface area contributed by atoms with E-state index in [-0.39, 0.29) is 24.1 Å². The summed E-state index contributed by atoms with van der Waals surface area (Å²) in [4.78, 5) is 2.76. The maximum Gasteiger partial charge on any atom is 0.441 e. The second kappa shape index (κ2) is 4.93. The number of nitrogens with one attached hydrogen (secondary N) is 1. The number of benzene rings is 1. The average molecular weight is 296 g/mol. The van der Waals surface area contributed by atoms with Crippen LogP contribution in [-0.2, 0) is 6.54 Å². The van der Waals surface area contributed by atoms with Gasteiger partial charge in [-0.15, -0.1) is 0 Å². The van der Waals surface area contributed by atoms with Crippen molar-refractivity contribution in [1.29, 1.82) is 0 Å². The molecule has 0 bridgehead atoms. The Balaban J connectivity index is 2.23. The monoisotopic (exact) mass is 296 g/mol. The highest BCUT2D eigenvalue weighted by Gasteiger charge is 2.27. The first kappa shape index (κ1) is 13.4. The molecule has 1 aromatic heterocycles. The van der Waals surface area contributed by atoms with Crippen molar-refractivity contribution in [2.45, 2.75) is 12.1 Å². The zero-order valence-electron chi connectivity index (χ0n) is 8.92. The molecule has 1 heterocycles. The molecular weight excluding hydrogens is 288 g/mol. The van der Waals surface area contributed by atoms with E-state index in [1.165, 1.54) is 22.8 Å². The Bertz CT molecular complexity index is 614. The van der Waals surface area contributed by atoms with Crippen molar-refractivity contribution in [3.8, 4) is 0 Å². The molecular formula is C10H8F4N2S2. The summed E-state index contributed by atoms with van der Waals surface area (Å²) in [5, 5.41) is 0. The number of nitrogens with zero attached hydrogens (tertiary/aromatic N) is 1. The van der Waals surface area contributed by atoms with Gasteiger partial charge in [-0.25, -0.2) is 4.39 Å². The van der Waals surface area contributed by atoms with Crippen LogP contribution in [0.15, 0.2) is 18.2 Å². The lowest BCUT2D eigenvalue weighted by Gasteiger charge is -2.06. The van der Waals surface area contributed by atoms with E-state index in [1.54, 1.807) is 0 Å². The third-order valence-electron chi connectivity index (χ3n) is 2.32. The molecule has 0 fully saturated rings. The SMILES string of the molecule is Fc1ccc2c(c1)[nH]c(=S)n2CCSC(F)(F)F. The normalized spacial score (nSPS) is 12.2. The van der Waals surface area contributed by atoms with Gasteiger partial charge in [-0.05, 0) is 42.2 Å². The molecule has 1 aromatic carbocycles. The van der Waals surface area contributed by atoms with Crippen molar-refractivity contribution in [1.82, 2.24) is 9.55 Å². The maximum atomic E-state index is 13.0. The highest BCUT2D eigenvalue weighted by Crippen LogP contribution is 2.30. The smallest absolute Gasteiger partial charge is 0.330 e. The number of H-pyrrole nitrogens is 1. The van der Waals surface area contributed by atoms with Crippen LogP contribution in [0.4, 0.5) is 17.6 Å². The Kier molecular flexibility index (Phi) is 3.67. The van der Waals surface area contributed by atoms with Crippen LogP contribution in [0.25, 0.3) is 11.0 Å². The van der Waals surface area contributed by atoms with Gasteiger partial charge in [-0.1, -0.05) is 0 Å². The van der Waals surface area contributed by atoms with Gasteiger partial charge in [-0.3, -0.25) is 0 Å². The minimum absolute atomic E-state index is 0.103. The van der Waals surface area contributed by atoms with Gasteiger partial charge in [0.15, 0.2) is 4.77 Å². The van der Waals surface area contributed by atoms with E-state index in [2.05, 4.69) is 4.98 Å². The van der Waals surface area contributed by atoms with Crippen LogP contribution in [0.3, 0.4) is 0 Å². The molecule has 2 rings (SSSR count). The largest absolute Gasteiger partial charge is 0.441 e. The third-order valence-corrected chi connectivity index (χ3v) is 3.35. The lowest BCUT2D eigenvalue weighted by Crippen LogP contribution is -2.07. The summed E-state index contributed by atoms with van der Waals surface area (Å²) < 4.78 is 50.9. The van der Waals surface area contributed by atoms with Gasteiger partial charge in [0.25, 0.3) is 0 Å². The number of aromatic nitrogens is 2. The van der Waals surface area contributed by atoms with E-state index in [0.29, 0.717) is 15.8 Å². The highest BCUT2D eigenvalue weighted by molar-refractivity contribution is 8.00. The summed E-state index contributed by atoms with van der Waals surface area (Å²) in [6.45, 7) is 0.120. The summed E-state index contributed by atoms with van der Waals surface area (Å²) in [6.07, 6.45) is 0. The molecule has 8 heteroatoms. The molecule has 2 aromatic rings. The van der Waals surface area contributed by atoms with Gasteiger partial charge in [0.2, 0.25) is 0 Å². The molecule has 1 N–H and O–H groups in total. The molecule has 0 saturated carbocycles. The Morgan fingerprint density at radius 3 is 2.72 bits per heavy atom. The van der Waals surface area contributed by atoms with Crippen LogP contribution >= 0.6 is 24.0 Å². The third kappa shape index (κ3) is 3.05. The van der Waals surface area contributed by atoms with Crippen LogP contribution in [-0.4, -0.2) is 20.8 Å². The van der Waals surface area contributed by atoms with E-state index in [9.17, 15) is 17.6 Å².